The monoisotopic (exact) mass is 361 g/mol. The summed E-state index contributed by atoms with van der Waals surface area (Å²) >= 11 is 3.04. The van der Waals surface area contributed by atoms with E-state index in [9.17, 15) is 9.18 Å². The highest BCUT2D eigenvalue weighted by Gasteiger charge is 2.17. The summed E-state index contributed by atoms with van der Waals surface area (Å²) in [5.41, 5.74) is 5.63. The predicted octanol–water partition coefficient (Wildman–Crippen LogP) is 1.81. The lowest BCUT2D eigenvalue weighted by molar-refractivity contribution is 0.0700. The molecule has 0 aliphatic heterocycles. The molecule has 0 aliphatic rings. The van der Waals surface area contributed by atoms with Crippen molar-refractivity contribution >= 4 is 27.7 Å². The van der Waals surface area contributed by atoms with Crippen molar-refractivity contribution < 1.29 is 19.1 Å². The highest BCUT2D eigenvalue weighted by atomic mass is 79.9. The van der Waals surface area contributed by atoms with Gasteiger partial charge in [0.1, 0.15) is 11.7 Å². The van der Waals surface area contributed by atoms with E-state index in [1.807, 2.05) is 0 Å². The lowest BCUT2D eigenvalue weighted by Crippen LogP contribution is -2.36. The minimum Gasteiger partial charge on any atom is -0.409 e. The molecular formula is C13H17BrFN3O3. The zero-order valence-corrected chi connectivity index (χ0v) is 13.1. The van der Waals surface area contributed by atoms with Crippen LogP contribution in [0.1, 0.15) is 16.8 Å². The molecule has 0 saturated carbocycles. The zero-order valence-electron chi connectivity index (χ0n) is 11.6. The molecule has 8 heteroatoms. The van der Waals surface area contributed by atoms with Gasteiger partial charge in [-0.05, 0) is 34.1 Å². The molecule has 1 aromatic rings. The van der Waals surface area contributed by atoms with E-state index in [2.05, 4.69) is 21.1 Å². The van der Waals surface area contributed by atoms with Gasteiger partial charge in [0.05, 0.1) is 11.1 Å². The van der Waals surface area contributed by atoms with E-state index in [0.717, 1.165) is 6.07 Å². The predicted molar refractivity (Wildman–Crippen MR) is 79.9 cm³/mol. The average molecular weight is 362 g/mol. The van der Waals surface area contributed by atoms with Crippen molar-refractivity contribution in [2.24, 2.45) is 10.9 Å². The van der Waals surface area contributed by atoms with Crippen molar-refractivity contribution in [3.05, 3.63) is 34.1 Å². The lowest BCUT2D eigenvalue weighted by Gasteiger charge is -2.22. The molecule has 0 fully saturated rings. The summed E-state index contributed by atoms with van der Waals surface area (Å²) in [5.74, 6) is -0.833. The third-order valence-electron chi connectivity index (χ3n) is 2.79. The highest BCUT2D eigenvalue weighted by molar-refractivity contribution is 9.10. The second-order valence-electron chi connectivity index (χ2n) is 4.26. The third kappa shape index (κ3) is 5.31. The van der Waals surface area contributed by atoms with Crippen LogP contribution in [-0.4, -0.2) is 48.7 Å². The fourth-order valence-electron chi connectivity index (χ4n) is 1.63. The number of carbonyl (C=O) groups is 1. The van der Waals surface area contributed by atoms with Crippen molar-refractivity contribution in [2.45, 2.75) is 6.42 Å². The Hall–Kier alpha value is -1.67. The van der Waals surface area contributed by atoms with Gasteiger partial charge in [-0.2, -0.15) is 0 Å². The first-order valence-corrected chi connectivity index (χ1v) is 6.98. The van der Waals surface area contributed by atoms with Gasteiger partial charge in [-0.25, -0.2) is 4.39 Å². The normalized spacial score (nSPS) is 11.5. The standard InChI is InChI=1S/C13H17BrFN3O3/c1-21-7-6-18(5-4-12(16)17-20)13(19)9-2-3-10(14)11(15)8-9/h2-3,8,20H,4-7H2,1H3,(H2,16,17). The van der Waals surface area contributed by atoms with Gasteiger partial charge in [0.15, 0.2) is 0 Å². The van der Waals surface area contributed by atoms with Gasteiger partial charge in [-0.15, -0.1) is 0 Å². The number of oxime groups is 1. The second-order valence-corrected chi connectivity index (χ2v) is 5.11. The van der Waals surface area contributed by atoms with Crippen molar-refractivity contribution in [1.82, 2.24) is 4.90 Å². The van der Waals surface area contributed by atoms with Crippen LogP contribution >= 0.6 is 15.9 Å². The second kappa shape index (κ2) is 8.58. The first-order valence-electron chi connectivity index (χ1n) is 6.19. The van der Waals surface area contributed by atoms with Gasteiger partial charge < -0.3 is 20.6 Å². The zero-order chi connectivity index (χ0) is 15.8. The highest BCUT2D eigenvalue weighted by Crippen LogP contribution is 2.17. The molecule has 6 nitrogen and oxygen atoms in total. The number of carbonyl (C=O) groups excluding carboxylic acids is 1. The van der Waals surface area contributed by atoms with E-state index in [1.54, 1.807) is 0 Å². The maximum atomic E-state index is 13.5. The van der Waals surface area contributed by atoms with E-state index in [0.29, 0.717) is 17.6 Å². The topological polar surface area (TPSA) is 88.2 Å². The van der Waals surface area contributed by atoms with Crippen LogP contribution in [0.3, 0.4) is 0 Å². The van der Waals surface area contributed by atoms with Gasteiger partial charge in [-0.3, -0.25) is 4.79 Å². The summed E-state index contributed by atoms with van der Waals surface area (Å²) in [5, 5.41) is 11.4. The number of halogens is 2. The van der Waals surface area contributed by atoms with Gasteiger partial charge in [-0.1, -0.05) is 5.16 Å². The van der Waals surface area contributed by atoms with E-state index in [-0.39, 0.29) is 30.3 Å². The van der Waals surface area contributed by atoms with Crippen LogP contribution in [0.2, 0.25) is 0 Å². The summed E-state index contributed by atoms with van der Waals surface area (Å²) < 4.78 is 18.7. The number of ether oxygens (including phenoxy) is 1. The molecule has 0 aromatic heterocycles. The van der Waals surface area contributed by atoms with Crippen LogP contribution < -0.4 is 5.73 Å². The Kier molecular flexibility index (Phi) is 7.10. The van der Waals surface area contributed by atoms with Gasteiger partial charge >= 0.3 is 0 Å². The number of amides is 1. The largest absolute Gasteiger partial charge is 0.409 e. The van der Waals surface area contributed by atoms with Crippen molar-refractivity contribution in [1.29, 1.82) is 0 Å². The number of benzene rings is 1. The molecule has 0 radical (unpaired) electrons. The average Bonchev–Trinajstić information content (AvgIpc) is 2.49. The fraction of sp³-hybridized carbons (Fsp3) is 0.385. The number of amidine groups is 1. The van der Waals surface area contributed by atoms with Crippen molar-refractivity contribution in [3.8, 4) is 0 Å². The molecule has 0 bridgehead atoms. The van der Waals surface area contributed by atoms with E-state index in [1.165, 1.54) is 24.1 Å². The summed E-state index contributed by atoms with van der Waals surface area (Å²) in [4.78, 5) is 13.8. The molecule has 0 aliphatic carbocycles. The number of nitrogens with zero attached hydrogens (tertiary/aromatic N) is 2. The van der Waals surface area contributed by atoms with Crippen LogP contribution in [0.4, 0.5) is 4.39 Å². The third-order valence-corrected chi connectivity index (χ3v) is 3.43. The Bertz CT molecular complexity index is 525. The summed E-state index contributed by atoms with van der Waals surface area (Å²) in [6.45, 7) is 0.905. The van der Waals surface area contributed by atoms with E-state index >= 15 is 0 Å². The van der Waals surface area contributed by atoms with Crippen LogP contribution in [0.25, 0.3) is 0 Å². The molecule has 1 amide bonds. The minimum atomic E-state index is -0.510. The van der Waals surface area contributed by atoms with E-state index in [4.69, 9.17) is 15.7 Å². The molecule has 0 heterocycles. The summed E-state index contributed by atoms with van der Waals surface area (Å²) in [6, 6.07) is 4.16. The molecule has 0 spiro atoms. The SMILES string of the molecule is COCCN(CCC(N)=NO)C(=O)c1ccc(Br)c(F)c1. The summed E-state index contributed by atoms with van der Waals surface area (Å²) in [6.07, 6.45) is 0.213. The molecular weight excluding hydrogens is 345 g/mol. The fourth-order valence-corrected chi connectivity index (χ4v) is 1.87. The number of rotatable bonds is 7. The first-order chi connectivity index (χ1) is 9.99. The van der Waals surface area contributed by atoms with Crippen LogP contribution in [0.5, 0.6) is 0 Å². The number of hydrogen-bond acceptors (Lipinski definition) is 4. The molecule has 0 saturated heterocycles. The van der Waals surface area contributed by atoms with Gasteiger partial charge in [0, 0.05) is 32.2 Å². The van der Waals surface area contributed by atoms with Crippen LogP contribution in [0.15, 0.2) is 27.8 Å². The maximum absolute atomic E-state index is 13.5. The number of methoxy groups -OCH3 is 1. The molecule has 0 unspecified atom stereocenters. The van der Waals surface area contributed by atoms with Gasteiger partial charge in [0.2, 0.25) is 0 Å². The Balaban J connectivity index is 2.84. The molecule has 3 N–H and O–H groups in total. The van der Waals surface area contributed by atoms with Crippen molar-refractivity contribution in [3.63, 3.8) is 0 Å². The smallest absolute Gasteiger partial charge is 0.254 e. The molecule has 0 atom stereocenters. The Morgan fingerprint density at radius 3 is 2.81 bits per heavy atom. The number of hydrogen-bond donors (Lipinski definition) is 2. The molecule has 116 valence electrons. The Morgan fingerprint density at radius 1 is 1.52 bits per heavy atom. The van der Waals surface area contributed by atoms with E-state index < -0.39 is 5.82 Å². The van der Waals surface area contributed by atoms with Crippen molar-refractivity contribution in [2.75, 3.05) is 26.8 Å². The Morgan fingerprint density at radius 2 is 2.24 bits per heavy atom. The quantitative estimate of drug-likeness (QED) is 0.335. The minimum absolute atomic E-state index is 0.0206. The number of nitrogens with two attached hydrogens (primary N) is 1. The van der Waals surface area contributed by atoms with Crippen LogP contribution in [-0.2, 0) is 4.74 Å². The molecule has 1 aromatic carbocycles. The van der Waals surface area contributed by atoms with Crippen LogP contribution in [0, 0.1) is 5.82 Å². The Labute approximate surface area is 130 Å². The van der Waals surface area contributed by atoms with Gasteiger partial charge in [0.25, 0.3) is 5.91 Å². The molecule has 1 rings (SSSR count). The summed E-state index contributed by atoms with van der Waals surface area (Å²) in [7, 11) is 1.52. The maximum Gasteiger partial charge on any atom is 0.254 e. The molecule has 21 heavy (non-hydrogen) atoms. The first kappa shape index (κ1) is 17.4. The lowest BCUT2D eigenvalue weighted by atomic mass is 10.2.